The summed E-state index contributed by atoms with van der Waals surface area (Å²) in [6.45, 7) is 7.13. The Labute approximate surface area is 118 Å². The summed E-state index contributed by atoms with van der Waals surface area (Å²) >= 11 is 0. The van der Waals surface area contributed by atoms with E-state index in [9.17, 15) is 0 Å². The maximum absolute atomic E-state index is 5.30. The van der Waals surface area contributed by atoms with Crippen LogP contribution in [0.2, 0.25) is 0 Å². The second-order valence-electron chi connectivity index (χ2n) is 4.41. The van der Waals surface area contributed by atoms with Gasteiger partial charge in [0.2, 0.25) is 5.95 Å². The molecule has 0 aliphatic carbocycles. The third-order valence-corrected chi connectivity index (χ3v) is 2.89. The molecule has 0 fully saturated rings. The van der Waals surface area contributed by atoms with Gasteiger partial charge in [0, 0.05) is 33.4 Å². The zero-order chi connectivity index (χ0) is 14.4. The number of aromatic nitrogens is 4. The number of ether oxygens (including phenoxy) is 1. The van der Waals surface area contributed by atoms with Crippen molar-refractivity contribution in [1.82, 2.24) is 19.7 Å². The first-order valence-electron chi connectivity index (χ1n) is 7.01. The molecular formula is C13H22N6O. The molecule has 0 amide bonds. The van der Waals surface area contributed by atoms with Gasteiger partial charge in [0.15, 0.2) is 5.65 Å². The number of anilines is 2. The fourth-order valence-electron chi connectivity index (χ4n) is 1.92. The van der Waals surface area contributed by atoms with E-state index >= 15 is 0 Å². The lowest BCUT2D eigenvalue weighted by Gasteiger charge is -2.09. The summed E-state index contributed by atoms with van der Waals surface area (Å²) < 4.78 is 7.06. The van der Waals surface area contributed by atoms with Crippen molar-refractivity contribution in [3.05, 3.63) is 6.20 Å². The van der Waals surface area contributed by atoms with Gasteiger partial charge in [-0.3, -0.25) is 4.68 Å². The zero-order valence-corrected chi connectivity index (χ0v) is 12.3. The van der Waals surface area contributed by atoms with E-state index in [0.29, 0.717) is 5.95 Å². The van der Waals surface area contributed by atoms with Crippen LogP contribution in [0.1, 0.15) is 20.3 Å². The highest BCUT2D eigenvalue weighted by molar-refractivity contribution is 5.87. The van der Waals surface area contributed by atoms with Crippen molar-refractivity contribution < 1.29 is 4.74 Å². The highest BCUT2D eigenvalue weighted by Crippen LogP contribution is 2.20. The first kappa shape index (κ1) is 14.5. The monoisotopic (exact) mass is 278 g/mol. The zero-order valence-electron chi connectivity index (χ0n) is 12.3. The Morgan fingerprint density at radius 2 is 2.10 bits per heavy atom. The quantitative estimate of drug-likeness (QED) is 0.715. The lowest BCUT2D eigenvalue weighted by atomic mass is 10.4. The lowest BCUT2D eigenvalue weighted by Crippen LogP contribution is -2.10. The molecular weight excluding hydrogens is 256 g/mol. The number of hydrogen-bond acceptors (Lipinski definition) is 6. The minimum atomic E-state index is 0.619. The molecule has 0 saturated carbocycles. The van der Waals surface area contributed by atoms with Gasteiger partial charge in [-0.05, 0) is 20.3 Å². The number of nitrogens with zero attached hydrogens (tertiary/aromatic N) is 4. The second-order valence-corrected chi connectivity index (χ2v) is 4.41. The average Bonchev–Trinajstić information content (AvgIpc) is 2.81. The van der Waals surface area contributed by atoms with Crippen LogP contribution in [-0.2, 0) is 11.8 Å². The Morgan fingerprint density at radius 3 is 2.85 bits per heavy atom. The van der Waals surface area contributed by atoms with Crippen molar-refractivity contribution in [1.29, 1.82) is 0 Å². The van der Waals surface area contributed by atoms with Gasteiger partial charge < -0.3 is 15.4 Å². The summed E-state index contributed by atoms with van der Waals surface area (Å²) in [5, 5.41) is 11.6. The Kier molecular flexibility index (Phi) is 5.11. The second kappa shape index (κ2) is 7.04. The van der Waals surface area contributed by atoms with E-state index in [4.69, 9.17) is 4.74 Å². The summed E-state index contributed by atoms with van der Waals surface area (Å²) in [6, 6.07) is 0. The molecule has 7 heteroatoms. The average molecular weight is 278 g/mol. The van der Waals surface area contributed by atoms with E-state index in [-0.39, 0.29) is 0 Å². The molecule has 0 spiro atoms. The van der Waals surface area contributed by atoms with Crippen molar-refractivity contribution in [2.24, 2.45) is 7.05 Å². The third-order valence-electron chi connectivity index (χ3n) is 2.89. The molecule has 0 unspecified atom stereocenters. The molecule has 0 atom stereocenters. The summed E-state index contributed by atoms with van der Waals surface area (Å²) in [6.07, 6.45) is 2.71. The van der Waals surface area contributed by atoms with Crippen molar-refractivity contribution >= 4 is 22.8 Å². The van der Waals surface area contributed by atoms with Crippen LogP contribution in [-0.4, -0.2) is 46.1 Å². The Morgan fingerprint density at radius 1 is 1.25 bits per heavy atom. The predicted octanol–water partition coefficient (Wildman–Crippen LogP) is 1.63. The summed E-state index contributed by atoms with van der Waals surface area (Å²) in [5.41, 5.74) is 0.822. The van der Waals surface area contributed by atoms with Crippen molar-refractivity contribution in [2.45, 2.75) is 20.3 Å². The van der Waals surface area contributed by atoms with E-state index < -0.39 is 0 Å². The molecule has 2 rings (SSSR count). The van der Waals surface area contributed by atoms with Gasteiger partial charge in [-0.25, -0.2) is 0 Å². The Balaban J connectivity index is 2.10. The number of aryl methyl sites for hydroxylation is 1. The molecule has 0 aromatic carbocycles. The number of nitrogens with one attached hydrogen (secondary N) is 2. The van der Waals surface area contributed by atoms with Crippen LogP contribution in [0.25, 0.3) is 11.0 Å². The molecule has 0 saturated heterocycles. The van der Waals surface area contributed by atoms with Crippen LogP contribution < -0.4 is 10.6 Å². The highest BCUT2D eigenvalue weighted by atomic mass is 16.5. The summed E-state index contributed by atoms with van der Waals surface area (Å²) in [5.74, 6) is 1.44. The standard InChI is InChI=1S/C13H22N6O/c1-4-14-11-10-9-16-19(3)12(10)18-13(17-11)15-7-6-8-20-5-2/h9H,4-8H2,1-3H3,(H2,14,15,17,18). The molecule has 0 aliphatic heterocycles. The third kappa shape index (κ3) is 3.36. The van der Waals surface area contributed by atoms with Gasteiger partial charge >= 0.3 is 0 Å². The van der Waals surface area contributed by atoms with E-state index in [0.717, 1.165) is 49.6 Å². The summed E-state index contributed by atoms with van der Waals surface area (Å²) in [7, 11) is 1.88. The lowest BCUT2D eigenvalue weighted by molar-refractivity contribution is 0.147. The van der Waals surface area contributed by atoms with Gasteiger partial charge in [0.25, 0.3) is 0 Å². The van der Waals surface area contributed by atoms with Crippen molar-refractivity contribution in [3.63, 3.8) is 0 Å². The molecule has 20 heavy (non-hydrogen) atoms. The van der Waals surface area contributed by atoms with Gasteiger partial charge in [0.05, 0.1) is 11.6 Å². The van der Waals surface area contributed by atoms with Crippen LogP contribution in [0.3, 0.4) is 0 Å². The van der Waals surface area contributed by atoms with Crippen LogP contribution in [0.5, 0.6) is 0 Å². The largest absolute Gasteiger partial charge is 0.382 e. The predicted molar refractivity (Wildman–Crippen MR) is 80.1 cm³/mol. The maximum atomic E-state index is 5.30. The van der Waals surface area contributed by atoms with Crippen LogP contribution in [0.15, 0.2) is 6.20 Å². The first-order valence-corrected chi connectivity index (χ1v) is 7.01. The van der Waals surface area contributed by atoms with E-state index in [1.54, 1.807) is 10.9 Å². The number of hydrogen-bond donors (Lipinski definition) is 2. The minimum Gasteiger partial charge on any atom is -0.382 e. The van der Waals surface area contributed by atoms with E-state index in [1.807, 2.05) is 20.9 Å². The molecule has 0 radical (unpaired) electrons. The maximum Gasteiger partial charge on any atom is 0.226 e. The van der Waals surface area contributed by atoms with Crippen molar-refractivity contribution in [3.8, 4) is 0 Å². The number of fused-ring (bicyclic) bond motifs is 1. The molecule has 7 nitrogen and oxygen atoms in total. The summed E-state index contributed by atoms with van der Waals surface area (Å²) in [4.78, 5) is 8.99. The van der Waals surface area contributed by atoms with E-state index in [1.165, 1.54) is 0 Å². The Hall–Kier alpha value is -1.89. The molecule has 110 valence electrons. The highest BCUT2D eigenvalue weighted by Gasteiger charge is 2.10. The molecule has 2 heterocycles. The minimum absolute atomic E-state index is 0.619. The normalized spacial score (nSPS) is 10.9. The van der Waals surface area contributed by atoms with Gasteiger partial charge in [0.1, 0.15) is 5.82 Å². The SMILES string of the molecule is CCNc1nc(NCCCOCC)nc2c1cnn2C. The number of rotatable bonds is 8. The van der Waals surface area contributed by atoms with Gasteiger partial charge in [-0.1, -0.05) is 0 Å². The van der Waals surface area contributed by atoms with Crippen molar-refractivity contribution in [2.75, 3.05) is 36.9 Å². The first-order chi connectivity index (χ1) is 9.76. The molecule has 0 aliphatic rings. The van der Waals surface area contributed by atoms with Crippen LogP contribution in [0.4, 0.5) is 11.8 Å². The Bertz CT molecular complexity index is 553. The van der Waals surface area contributed by atoms with Gasteiger partial charge in [-0.2, -0.15) is 15.1 Å². The molecule has 2 aromatic heterocycles. The van der Waals surface area contributed by atoms with Crippen LogP contribution >= 0.6 is 0 Å². The molecule has 0 bridgehead atoms. The smallest absolute Gasteiger partial charge is 0.226 e. The fourth-order valence-corrected chi connectivity index (χ4v) is 1.92. The fraction of sp³-hybridized carbons (Fsp3) is 0.615. The van der Waals surface area contributed by atoms with E-state index in [2.05, 4.69) is 25.7 Å². The topological polar surface area (TPSA) is 76.9 Å². The van der Waals surface area contributed by atoms with Crippen LogP contribution in [0, 0.1) is 0 Å². The van der Waals surface area contributed by atoms with Gasteiger partial charge in [-0.15, -0.1) is 0 Å². The molecule has 2 N–H and O–H groups in total. The molecule has 2 aromatic rings.